The van der Waals surface area contributed by atoms with Crippen LogP contribution in [0.25, 0.3) is 22.3 Å². The second-order valence-electron chi connectivity index (χ2n) is 30.0. The zero-order chi connectivity index (χ0) is 56.0. The molecular weight excluding hydrogens is 964 g/mol. The van der Waals surface area contributed by atoms with Gasteiger partial charge >= 0.3 is 0 Å². The molecule has 3 unspecified atom stereocenters. The van der Waals surface area contributed by atoms with Crippen LogP contribution in [0, 0.1) is 12.3 Å². The summed E-state index contributed by atoms with van der Waals surface area (Å²) < 4.78 is 0. The Morgan fingerprint density at radius 3 is 1.77 bits per heavy atom. The molecule has 2 heterocycles. The van der Waals surface area contributed by atoms with E-state index in [0.29, 0.717) is 0 Å². The third kappa shape index (κ3) is 7.16. The Balaban J connectivity index is 1.10. The van der Waals surface area contributed by atoms with Crippen LogP contribution in [0.1, 0.15) is 197 Å². The molecule has 3 heteroatoms. The summed E-state index contributed by atoms with van der Waals surface area (Å²) in [6, 6.07) is 61.2. The van der Waals surface area contributed by atoms with Crippen molar-refractivity contribution in [1.82, 2.24) is 0 Å². The highest BCUT2D eigenvalue weighted by Crippen LogP contribution is 2.67. The first-order valence-corrected chi connectivity index (χ1v) is 30.5. The maximum absolute atomic E-state index is 2.78. The number of benzene rings is 8. The molecule has 6 aliphatic rings. The lowest BCUT2D eigenvalue weighted by Gasteiger charge is -2.50. The molecule has 1 fully saturated rings. The van der Waals surface area contributed by atoms with Crippen molar-refractivity contribution in [3.63, 3.8) is 0 Å². The maximum Gasteiger partial charge on any atom is 0.252 e. The van der Waals surface area contributed by atoms with Crippen molar-refractivity contribution >= 4 is 57.2 Å². The fourth-order valence-electron chi connectivity index (χ4n) is 17.0. The molecule has 0 N–H and O–H groups in total. The van der Waals surface area contributed by atoms with Crippen molar-refractivity contribution < 1.29 is 0 Å². The molecule has 8 aromatic rings. The van der Waals surface area contributed by atoms with Crippen molar-refractivity contribution in [1.29, 1.82) is 0 Å². The molecule has 0 saturated heterocycles. The molecule has 0 amide bonds. The van der Waals surface area contributed by atoms with Gasteiger partial charge in [0.2, 0.25) is 0 Å². The van der Waals surface area contributed by atoms with E-state index in [2.05, 4.69) is 265 Å². The molecule has 2 nitrogen and oxygen atoms in total. The molecule has 2 aliphatic heterocycles. The summed E-state index contributed by atoms with van der Waals surface area (Å²) in [7, 11) is 0. The largest absolute Gasteiger partial charge is 0.311 e. The Morgan fingerprint density at radius 2 is 1.06 bits per heavy atom. The minimum atomic E-state index is -0.233. The monoisotopic (exact) mass is 1050 g/mol. The quantitative estimate of drug-likeness (QED) is 0.162. The molecule has 0 spiro atoms. The first kappa shape index (κ1) is 51.6. The van der Waals surface area contributed by atoms with Crippen LogP contribution in [-0.4, -0.2) is 6.71 Å². The van der Waals surface area contributed by atoms with Crippen LogP contribution in [0.15, 0.2) is 152 Å². The van der Waals surface area contributed by atoms with Crippen LogP contribution in [0.5, 0.6) is 0 Å². The lowest BCUT2D eigenvalue weighted by atomic mass is 9.33. The predicted molar refractivity (Wildman–Crippen MR) is 343 cm³/mol. The van der Waals surface area contributed by atoms with Crippen molar-refractivity contribution in [2.24, 2.45) is 5.41 Å². The third-order valence-electron chi connectivity index (χ3n) is 21.9. The standard InChI is InChI=1S/C77H83BN2/c1-47-40-66-70-67(41-47)80(63-29-23-27-53-52-26-19-20-28-56(52)75(12,13)69(53)63)64-42-49(68-54-33-31-51(72(5,6)7)44-57(54)76(14)36-21-22-37-77(68,76)15)30-34-60(64)78(70)61-45-58-59(74(10,11)39-38-73(58,8)9)46-65(61)79(66)62-35-32-50(71(2,3)4)43-55(62)48-24-17-16-18-25-48/h16-20,23-35,40-46,68H,21-22,36-39H2,1-15H3. The Bertz CT molecular complexity index is 3910. The van der Waals surface area contributed by atoms with Crippen LogP contribution in [0.2, 0.25) is 0 Å². The van der Waals surface area contributed by atoms with Crippen LogP contribution in [0.4, 0.5) is 34.1 Å². The molecule has 8 aromatic carbocycles. The molecule has 0 aromatic heterocycles. The second-order valence-corrected chi connectivity index (χ2v) is 30.0. The summed E-state index contributed by atoms with van der Waals surface area (Å²) in [5.74, 6) is 0.261. The Labute approximate surface area is 480 Å². The second kappa shape index (κ2) is 17.0. The van der Waals surface area contributed by atoms with Crippen molar-refractivity contribution in [3.05, 3.63) is 207 Å². The van der Waals surface area contributed by atoms with Crippen LogP contribution in [0.3, 0.4) is 0 Å². The van der Waals surface area contributed by atoms with Gasteiger partial charge in [-0.2, -0.15) is 0 Å². The van der Waals surface area contributed by atoms with E-state index in [1.807, 2.05) is 0 Å². The maximum atomic E-state index is 2.78. The summed E-state index contributed by atoms with van der Waals surface area (Å²) in [5, 5.41) is 0. The van der Waals surface area contributed by atoms with E-state index in [1.54, 1.807) is 11.1 Å². The number of anilines is 6. The van der Waals surface area contributed by atoms with E-state index < -0.39 is 0 Å². The summed E-state index contributed by atoms with van der Waals surface area (Å²) in [6.45, 7) is 36.8. The molecule has 404 valence electrons. The van der Waals surface area contributed by atoms with Gasteiger partial charge in [-0.15, -0.1) is 0 Å². The van der Waals surface area contributed by atoms with Crippen LogP contribution >= 0.6 is 0 Å². The lowest BCUT2D eigenvalue weighted by molar-refractivity contribution is 0.0923. The molecule has 1 saturated carbocycles. The number of aryl methyl sites for hydroxylation is 1. The number of hydrogen-bond donors (Lipinski definition) is 0. The Hall–Kier alpha value is -6.58. The van der Waals surface area contributed by atoms with Crippen molar-refractivity contribution in [2.45, 2.75) is 181 Å². The van der Waals surface area contributed by atoms with Gasteiger partial charge in [0, 0.05) is 39.6 Å². The minimum absolute atomic E-state index is 0.00461. The van der Waals surface area contributed by atoms with E-state index >= 15 is 0 Å². The van der Waals surface area contributed by atoms with E-state index in [0.717, 1.165) is 12.8 Å². The first-order chi connectivity index (χ1) is 37.8. The highest BCUT2D eigenvalue weighted by Gasteiger charge is 2.59. The fraction of sp³-hybridized carbons (Fsp3) is 0.377. The number of nitrogens with zero attached hydrogens (tertiary/aromatic N) is 2. The number of fused-ring (bicyclic) bond motifs is 11. The van der Waals surface area contributed by atoms with Gasteiger partial charge in [0.1, 0.15) is 0 Å². The minimum Gasteiger partial charge on any atom is -0.311 e. The predicted octanol–water partition coefficient (Wildman–Crippen LogP) is 19.0. The van der Waals surface area contributed by atoms with Gasteiger partial charge < -0.3 is 9.80 Å². The van der Waals surface area contributed by atoms with Crippen LogP contribution < -0.4 is 26.2 Å². The molecule has 0 bridgehead atoms. The van der Waals surface area contributed by atoms with Gasteiger partial charge in [0.25, 0.3) is 6.71 Å². The summed E-state index contributed by atoms with van der Waals surface area (Å²) >= 11 is 0. The summed E-state index contributed by atoms with van der Waals surface area (Å²) in [6.07, 6.45) is 7.34. The molecule has 14 rings (SSSR count). The van der Waals surface area contributed by atoms with E-state index in [1.165, 1.54) is 143 Å². The smallest absolute Gasteiger partial charge is 0.252 e. The highest BCUT2D eigenvalue weighted by atomic mass is 15.2. The van der Waals surface area contributed by atoms with E-state index in [4.69, 9.17) is 0 Å². The first-order valence-electron chi connectivity index (χ1n) is 30.5. The van der Waals surface area contributed by atoms with Gasteiger partial charge in [-0.1, -0.05) is 219 Å². The zero-order valence-corrected chi connectivity index (χ0v) is 50.7. The SMILES string of the molecule is Cc1cc2c3c(c1)N(c1cccc4c1C(C)(C)c1ccccc1-4)c1cc(C4c5ccc(C(C)(C)C)cc5C5(C)CCCCC45C)ccc1B3c1cc3c(cc1N2c1ccc(C(C)(C)C)cc1-c1ccccc1)C(C)(C)CCC3(C)C. The van der Waals surface area contributed by atoms with Gasteiger partial charge in [-0.3, -0.25) is 0 Å². The molecule has 0 radical (unpaired) electrons. The molecular formula is C77H83BN2. The summed E-state index contributed by atoms with van der Waals surface area (Å²) in [4.78, 5) is 5.51. The van der Waals surface area contributed by atoms with Gasteiger partial charge in [-0.25, -0.2) is 0 Å². The molecule has 4 aliphatic carbocycles. The highest BCUT2D eigenvalue weighted by molar-refractivity contribution is 7.00. The van der Waals surface area contributed by atoms with E-state index in [-0.39, 0.29) is 50.5 Å². The number of rotatable bonds is 4. The average Bonchev–Trinajstić information content (AvgIpc) is 3.57. The van der Waals surface area contributed by atoms with Gasteiger partial charge in [-0.05, 0) is 196 Å². The topological polar surface area (TPSA) is 6.48 Å². The van der Waals surface area contributed by atoms with Crippen LogP contribution in [-0.2, 0) is 32.5 Å². The normalized spacial score (nSPS) is 22.3. The number of hydrogen-bond acceptors (Lipinski definition) is 2. The molecule has 80 heavy (non-hydrogen) atoms. The Morgan fingerprint density at radius 1 is 0.450 bits per heavy atom. The van der Waals surface area contributed by atoms with Gasteiger partial charge in [0.15, 0.2) is 0 Å². The Kier molecular flexibility index (Phi) is 11.0. The van der Waals surface area contributed by atoms with Crippen molar-refractivity contribution in [3.8, 4) is 22.3 Å². The zero-order valence-electron chi connectivity index (χ0n) is 50.7. The third-order valence-corrected chi connectivity index (χ3v) is 21.9. The average molecular weight is 1050 g/mol. The van der Waals surface area contributed by atoms with Gasteiger partial charge in [0.05, 0.1) is 11.4 Å². The van der Waals surface area contributed by atoms with E-state index in [9.17, 15) is 0 Å². The molecule has 3 atom stereocenters. The fourth-order valence-corrected chi connectivity index (χ4v) is 17.0. The lowest BCUT2D eigenvalue weighted by Crippen LogP contribution is -2.62. The van der Waals surface area contributed by atoms with Crippen molar-refractivity contribution in [2.75, 3.05) is 9.80 Å². The summed E-state index contributed by atoms with van der Waals surface area (Å²) in [5.41, 5.74) is 31.6.